The maximum atomic E-state index is 13.5. The van der Waals surface area contributed by atoms with E-state index in [0.717, 1.165) is 12.1 Å². The summed E-state index contributed by atoms with van der Waals surface area (Å²) in [5.41, 5.74) is -2.72. The fourth-order valence-corrected chi connectivity index (χ4v) is 2.23. The predicted molar refractivity (Wildman–Crippen MR) is 73.4 cm³/mol. The minimum atomic E-state index is -4.74. The van der Waals surface area contributed by atoms with Crippen molar-refractivity contribution in [3.05, 3.63) is 63.1 Å². The third-order valence-corrected chi connectivity index (χ3v) is 3.57. The molecule has 24 heavy (non-hydrogen) atoms. The molecule has 0 aromatic heterocycles. The normalized spacial score (nSPS) is 11.5. The van der Waals surface area contributed by atoms with E-state index in [4.69, 9.17) is 0 Å². The number of hydrogen-bond acceptors (Lipinski definition) is 1. The highest BCUT2D eigenvalue weighted by molar-refractivity contribution is 9.10. The molecule has 0 radical (unpaired) electrons. The van der Waals surface area contributed by atoms with Crippen LogP contribution in [0.4, 0.5) is 36.4 Å². The Kier molecular flexibility index (Phi) is 4.88. The van der Waals surface area contributed by atoms with Crippen molar-refractivity contribution in [3.8, 4) is 0 Å². The third-order valence-electron chi connectivity index (χ3n) is 2.88. The summed E-state index contributed by atoms with van der Waals surface area (Å²) in [7, 11) is 0. The van der Waals surface area contributed by atoms with Gasteiger partial charge in [0.05, 0.1) is 11.1 Å². The zero-order valence-corrected chi connectivity index (χ0v) is 12.8. The Hall–Kier alpha value is -2.10. The first-order valence-corrected chi connectivity index (χ1v) is 6.82. The summed E-state index contributed by atoms with van der Waals surface area (Å²) in [5, 5.41) is 1.86. The molecule has 0 aliphatic carbocycles. The van der Waals surface area contributed by atoms with E-state index in [9.17, 15) is 35.5 Å². The van der Waals surface area contributed by atoms with E-state index < -0.39 is 52.2 Å². The lowest BCUT2D eigenvalue weighted by Crippen LogP contribution is -2.17. The van der Waals surface area contributed by atoms with Crippen molar-refractivity contribution in [2.45, 2.75) is 6.18 Å². The molecule has 0 unspecified atom stereocenters. The molecule has 0 aliphatic heterocycles. The number of amides is 1. The van der Waals surface area contributed by atoms with Crippen LogP contribution in [0.3, 0.4) is 0 Å². The van der Waals surface area contributed by atoms with Crippen LogP contribution in [0.25, 0.3) is 0 Å². The third kappa shape index (κ3) is 3.53. The number of carbonyl (C=O) groups excluding carboxylic acids is 1. The molecule has 0 heterocycles. The number of halogens is 8. The molecule has 0 saturated heterocycles. The second kappa shape index (κ2) is 6.42. The summed E-state index contributed by atoms with van der Waals surface area (Å²) in [6, 6.07) is 2.66. The molecule has 2 rings (SSSR count). The molecule has 0 atom stereocenters. The first-order valence-electron chi connectivity index (χ1n) is 6.03. The largest absolute Gasteiger partial charge is 0.417 e. The van der Waals surface area contributed by atoms with Crippen molar-refractivity contribution in [3.63, 3.8) is 0 Å². The molecule has 2 aromatic rings. The average molecular weight is 416 g/mol. The standard InChI is InChI=1S/C14H5BrF7NO/c15-8-2-1-5(3-7(8)14(20,21)22)23-13(24)6-4-9(16)11(18)12(19)10(6)17/h1-4H,(H,23,24). The summed E-state index contributed by atoms with van der Waals surface area (Å²) in [5.74, 6) is -9.52. The molecule has 1 N–H and O–H groups in total. The maximum Gasteiger partial charge on any atom is 0.417 e. The number of carbonyl (C=O) groups is 1. The summed E-state index contributed by atoms with van der Waals surface area (Å²) < 4.78 is 90.5. The molecule has 2 aromatic carbocycles. The number of hydrogen-bond donors (Lipinski definition) is 1. The first kappa shape index (κ1) is 18.2. The van der Waals surface area contributed by atoms with Crippen molar-refractivity contribution in [1.82, 2.24) is 0 Å². The number of anilines is 1. The van der Waals surface area contributed by atoms with Gasteiger partial charge in [0.1, 0.15) is 0 Å². The van der Waals surface area contributed by atoms with E-state index in [1.54, 1.807) is 0 Å². The highest BCUT2D eigenvalue weighted by Gasteiger charge is 2.33. The number of benzene rings is 2. The van der Waals surface area contributed by atoms with Crippen LogP contribution in [0.2, 0.25) is 0 Å². The molecule has 0 bridgehead atoms. The Balaban J connectivity index is 2.38. The molecule has 0 spiro atoms. The van der Waals surface area contributed by atoms with Gasteiger partial charge in [0.2, 0.25) is 0 Å². The molecule has 10 heteroatoms. The molecule has 0 fully saturated rings. The van der Waals surface area contributed by atoms with Crippen LogP contribution in [0.5, 0.6) is 0 Å². The van der Waals surface area contributed by atoms with Gasteiger partial charge in [-0.1, -0.05) is 15.9 Å². The van der Waals surface area contributed by atoms with Crippen LogP contribution in [0.1, 0.15) is 15.9 Å². The predicted octanol–water partition coefficient (Wildman–Crippen LogP) is 5.28. The smallest absolute Gasteiger partial charge is 0.322 e. The van der Waals surface area contributed by atoms with Gasteiger partial charge < -0.3 is 5.32 Å². The van der Waals surface area contributed by atoms with Crippen LogP contribution in [-0.2, 0) is 6.18 Å². The minimum absolute atomic E-state index is 0.104. The molecule has 128 valence electrons. The van der Waals surface area contributed by atoms with Gasteiger partial charge >= 0.3 is 6.18 Å². The van der Waals surface area contributed by atoms with E-state index in [0.29, 0.717) is 6.07 Å². The quantitative estimate of drug-likeness (QED) is 0.403. The van der Waals surface area contributed by atoms with Gasteiger partial charge in [-0.25, -0.2) is 17.6 Å². The number of alkyl halides is 3. The van der Waals surface area contributed by atoms with Crippen molar-refractivity contribution in [1.29, 1.82) is 0 Å². The highest BCUT2D eigenvalue weighted by atomic mass is 79.9. The van der Waals surface area contributed by atoms with Crippen molar-refractivity contribution in [2.24, 2.45) is 0 Å². The van der Waals surface area contributed by atoms with Crippen molar-refractivity contribution >= 4 is 27.5 Å². The zero-order valence-electron chi connectivity index (χ0n) is 11.2. The van der Waals surface area contributed by atoms with Gasteiger partial charge in [0, 0.05) is 10.2 Å². The van der Waals surface area contributed by atoms with E-state index in [-0.39, 0.29) is 10.5 Å². The molecule has 0 aliphatic rings. The van der Waals surface area contributed by atoms with Gasteiger partial charge in [-0.3, -0.25) is 4.79 Å². The van der Waals surface area contributed by atoms with Crippen LogP contribution >= 0.6 is 15.9 Å². The minimum Gasteiger partial charge on any atom is -0.322 e. The van der Waals surface area contributed by atoms with Gasteiger partial charge in [0.25, 0.3) is 5.91 Å². The second-order valence-electron chi connectivity index (χ2n) is 4.49. The van der Waals surface area contributed by atoms with E-state index in [1.807, 2.05) is 5.32 Å². The van der Waals surface area contributed by atoms with Crippen LogP contribution < -0.4 is 5.32 Å². The number of rotatable bonds is 2. The SMILES string of the molecule is O=C(Nc1ccc(Br)c(C(F)(F)F)c1)c1cc(F)c(F)c(F)c1F. The van der Waals surface area contributed by atoms with Gasteiger partial charge in [-0.05, 0) is 24.3 Å². The Morgan fingerprint density at radius 3 is 2.17 bits per heavy atom. The second-order valence-corrected chi connectivity index (χ2v) is 5.35. The summed E-state index contributed by atoms with van der Waals surface area (Å²) >= 11 is 2.68. The Labute approximate surface area is 138 Å². The van der Waals surface area contributed by atoms with E-state index >= 15 is 0 Å². The monoisotopic (exact) mass is 415 g/mol. The van der Waals surface area contributed by atoms with Crippen LogP contribution in [-0.4, -0.2) is 5.91 Å². The summed E-state index contributed by atoms with van der Waals surface area (Å²) in [6.45, 7) is 0. The Morgan fingerprint density at radius 1 is 0.958 bits per heavy atom. The van der Waals surface area contributed by atoms with Crippen LogP contribution in [0, 0.1) is 23.3 Å². The van der Waals surface area contributed by atoms with Crippen molar-refractivity contribution < 1.29 is 35.5 Å². The van der Waals surface area contributed by atoms with Crippen LogP contribution in [0.15, 0.2) is 28.7 Å². The Bertz CT molecular complexity index is 820. The fourth-order valence-electron chi connectivity index (χ4n) is 1.76. The molecule has 0 saturated carbocycles. The zero-order chi connectivity index (χ0) is 18.2. The first-order chi connectivity index (χ1) is 11.0. The number of nitrogens with one attached hydrogen (secondary N) is 1. The van der Waals surface area contributed by atoms with Crippen molar-refractivity contribution in [2.75, 3.05) is 5.32 Å². The van der Waals surface area contributed by atoms with E-state index in [2.05, 4.69) is 15.9 Å². The maximum absolute atomic E-state index is 13.5. The molecule has 2 nitrogen and oxygen atoms in total. The van der Waals surface area contributed by atoms with Gasteiger partial charge in [-0.15, -0.1) is 0 Å². The fraction of sp³-hybridized carbons (Fsp3) is 0.0714. The summed E-state index contributed by atoms with van der Waals surface area (Å²) in [6.07, 6.45) is -4.74. The average Bonchev–Trinajstić information content (AvgIpc) is 2.49. The lowest BCUT2D eigenvalue weighted by atomic mass is 10.1. The lowest BCUT2D eigenvalue weighted by molar-refractivity contribution is -0.138. The topological polar surface area (TPSA) is 29.1 Å². The van der Waals surface area contributed by atoms with Gasteiger partial charge in [0.15, 0.2) is 23.3 Å². The Morgan fingerprint density at radius 2 is 1.58 bits per heavy atom. The highest BCUT2D eigenvalue weighted by Crippen LogP contribution is 2.36. The summed E-state index contributed by atoms with van der Waals surface area (Å²) in [4.78, 5) is 11.8. The van der Waals surface area contributed by atoms with E-state index in [1.165, 1.54) is 0 Å². The molecular formula is C14H5BrF7NO. The molecular weight excluding hydrogens is 411 g/mol. The lowest BCUT2D eigenvalue weighted by Gasteiger charge is -2.12. The molecule has 1 amide bonds. The van der Waals surface area contributed by atoms with Gasteiger partial charge in [-0.2, -0.15) is 13.2 Å².